The van der Waals surface area contributed by atoms with Crippen LogP contribution in [0.5, 0.6) is 0 Å². The molecule has 1 aliphatic carbocycles. The van der Waals surface area contributed by atoms with Crippen molar-refractivity contribution in [1.29, 1.82) is 0 Å². The summed E-state index contributed by atoms with van der Waals surface area (Å²) in [6.07, 6.45) is 9.35. The number of hydrogen-bond acceptors (Lipinski definition) is 1. The Kier molecular flexibility index (Phi) is 3.60. The van der Waals surface area contributed by atoms with E-state index in [2.05, 4.69) is 43.4 Å². The van der Waals surface area contributed by atoms with Crippen LogP contribution in [0.25, 0.3) is 0 Å². The Bertz CT molecular complexity index is 424. The van der Waals surface area contributed by atoms with E-state index in [1.54, 1.807) is 0 Å². The van der Waals surface area contributed by atoms with Crippen LogP contribution >= 0.6 is 0 Å². The van der Waals surface area contributed by atoms with E-state index in [1.807, 2.05) is 18.2 Å². The number of rotatable bonds is 3. The second-order valence-corrected chi connectivity index (χ2v) is 3.86. The van der Waals surface area contributed by atoms with Gasteiger partial charge in [0.2, 0.25) is 0 Å². The molecule has 0 aliphatic heterocycles. The lowest BCUT2D eigenvalue weighted by Gasteiger charge is -2.10. The molecule has 82 valence electrons. The standard InChI is InChI=1S/C15H16O/c1-13-8-4-2-7-11-15(13)16-12-14-9-5-3-6-10-14/h2-6,8-11H,7,12H2,1H3. The molecule has 1 aromatic rings. The number of allylic oxidation sites excluding steroid dienone is 5. The van der Waals surface area contributed by atoms with Gasteiger partial charge in [-0.25, -0.2) is 0 Å². The minimum absolute atomic E-state index is 0.637. The molecule has 0 aromatic heterocycles. The van der Waals surface area contributed by atoms with Crippen molar-refractivity contribution in [1.82, 2.24) is 0 Å². The Balaban J connectivity index is 1.98. The molecule has 0 spiro atoms. The minimum Gasteiger partial charge on any atom is -0.489 e. The first kappa shape index (κ1) is 10.7. The first-order chi connectivity index (χ1) is 7.86. The Hall–Kier alpha value is -1.76. The molecule has 0 radical (unpaired) electrons. The highest BCUT2D eigenvalue weighted by atomic mass is 16.5. The Morgan fingerprint density at radius 2 is 2.00 bits per heavy atom. The van der Waals surface area contributed by atoms with Crippen LogP contribution < -0.4 is 0 Å². The van der Waals surface area contributed by atoms with E-state index in [4.69, 9.17) is 4.74 Å². The lowest BCUT2D eigenvalue weighted by atomic mass is 10.2. The van der Waals surface area contributed by atoms with Crippen LogP contribution in [0.15, 0.2) is 66.0 Å². The highest BCUT2D eigenvalue weighted by molar-refractivity contribution is 5.31. The molecular weight excluding hydrogens is 196 g/mol. The molecule has 1 aromatic carbocycles. The van der Waals surface area contributed by atoms with E-state index in [9.17, 15) is 0 Å². The number of benzene rings is 1. The molecule has 16 heavy (non-hydrogen) atoms. The predicted octanol–water partition coefficient (Wildman–Crippen LogP) is 3.99. The Morgan fingerprint density at radius 3 is 2.81 bits per heavy atom. The lowest BCUT2D eigenvalue weighted by Crippen LogP contribution is -1.94. The van der Waals surface area contributed by atoms with Gasteiger partial charge in [0.1, 0.15) is 12.4 Å². The van der Waals surface area contributed by atoms with Crippen molar-refractivity contribution < 1.29 is 4.74 Å². The molecule has 0 unspecified atom stereocenters. The smallest absolute Gasteiger partial charge is 0.119 e. The fourth-order valence-electron chi connectivity index (χ4n) is 1.62. The third kappa shape index (κ3) is 2.86. The summed E-state index contributed by atoms with van der Waals surface area (Å²) in [5.41, 5.74) is 2.39. The van der Waals surface area contributed by atoms with Crippen molar-refractivity contribution in [3.8, 4) is 0 Å². The molecule has 0 fully saturated rings. The van der Waals surface area contributed by atoms with Crippen molar-refractivity contribution in [2.45, 2.75) is 20.0 Å². The second kappa shape index (κ2) is 5.36. The number of hydrogen-bond donors (Lipinski definition) is 0. The van der Waals surface area contributed by atoms with Crippen LogP contribution in [-0.2, 0) is 11.3 Å². The van der Waals surface area contributed by atoms with Gasteiger partial charge in [0.05, 0.1) is 0 Å². The van der Waals surface area contributed by atoms with Gasteiger partial charge in [-0.1, -0.05) is 48.6 Å². The average Bonchev–Trinajstić information content (AvgIpc) is 2.53. The summed E-state index contributed by atoms with van der Waals surface area (Å²) in [6, 6.07) is 10.2. The zero-order valence-corrected chi connectivity index (χ0v) is 9.52. The van der Waals surface area contributed by atoms with Gasteiger partial charge in [-0.05, 0) is 30.6 Å². The third-order valence-electron chi connectivity index (χ3n) is 2.55. The first-order valence-electron chi connectivity index (χ1n) is 5.57. The van der Waals surface area contributed by atoms with E-state index in [1.165, 1.54) is 11.1 Å². The maximum atomic E-state index is 5.81. The van der Waals surface area contributed by atoms with E-state index in [0.29, 0.717) is 6.61 Å². The van der Waals surface area contributed by atoms with Crippen LogP contribution in [0.1, 0.15) is 18.9 Å². The second-order valence-electron chi connectivity index (χ2n) is 3.86. The number of ether oxygens (including phenoxy) is 1. The normalized spacial score (nSPS) is 15.1. The molecule has 0 bridgehead atoms. The summed E-state index contributed by atoms with van der Waals surface area (Å²) in [5, 5.41) is 0. The lowest BCUT2D eigenvalue weighted by molar-refractivity contribution is 0.206. The summed E-state index contributed by atoms with van der Waals surface area (Å²) >= 11 is 0. The van der Waals surface area contributed by atoms with Crippen molar-refractivity contribution in [2.75, 3.05) is 0 Å². The monoisotopic (exact) mass is 212 g/mol. The molecule has 0 heterocycles. The molecule has 0 saturated carbocycles. The fraction of sp³-hybridized carbons (Fsp3) is 0.200. The van der Waals surface area contributed by atoms with Gasteiger partial charge in [0.15, 0.2) is 0 Å². The fourth-order valence-corrected chi connectivity index (χ4v) is 1.62. The quantitative estimate of drug-likeness (QED) is 0.736. The van der Waals surface area contributed by atoms with Gasteiger partial charge in [-0.15, -0.1) is 0 Å². The minimum atomic E-state index is 0.637. The molecule has 1 nitrogen and oxygen atoms in total. The van der Waals surface area contributed by atoms with Gasteiger partial charge < -0.3 is 4.74 Å². The van der Waals surface area contributed by atoms with Crippen molar-refractivity contribution in [3.63, 3.8) is 0 Å². The molecular formula is C15H16O. The van der Waals surface area contributed by atoms with Crippen molar-refractivity contribution in [2.24, 2.45) is 0 Å². The van der Waals surface area contributed by atoms with E-state index in [0.717, 1.165) is 12.2 Å². The zero-order valence-electron chi connectivity index (χ0n) is 9.52. The molecule has 1 heteroatoms. The molecule has 1 aliphatic rings. The van der Waals surface area contributed by atoms with E-state index < -0.39 is 0 Å². The predicted molar refractivity (Wildman–Crippen MR) is 66.8 cm³/mol. The van der Waals surface area contributed by atoms with Crippen LogP contribution in [0.2, 0.25) is 0 Å². The molecule has 0 saturated heterocycles. The summed E-state index contributed by atoms with van der Waals surface area (Å²) < 4.78 is 5.81. The topological polar surface area (TPSA) is 9.23 Å². The van der Waals surface area contributed by atoms with Crippen LogP contribution in [0.4, 0.5) is 0 Å². The first-order valence-corrected chi connectivity index (χ1v) is 5.57. The summed E-state index contributed by atoms with van der Waals surface area (Å²) in [6.45, 7) is 2.71. The average molecular weight is 212 g/mol. The molecule has 0 atom stereocenters. The van der Waals surface area contributed by atoms with Gasteiger partial charge in [-0.3, -0.25) is 0 Å². The van der Waals surface area contributed by atoms with Crippen LogP contribution in [0.3, 0.4) is 0 Å². The van der Waals surface area contributed by atoms with Gasteiger partial charge in [-0.2, -0.15) is 0 Å². The van der Waals surface area contributed by atoms with Crippen LogP contribution in [0, 0.1) is 0 Å². The SMILES string of the molecule is CC1=CC=CCC=C1OCc1ccccc1. The van der Waals surface area contributed by atoms with Crippen molar-refractivity contribution >= 4 is 0 Å². The highest BCUT2D eigenvalue weighted by Crippen LogP contribution is 2.17. The van der Waals surface area contributed by atoms with Gasteiger partial charge in [0, 0.05) is 0 Å². The maximum Gasteiger partial charge on any atom is 0.119 e. The third-order valence-corrected chi connectivity index (χ3v) is 2.55. The van der Waals surface area contributed by atoms with Gasteiger partial charge >= 0.3 is 0 Å². The summed E-state index contributed by atoms with van der Waals surface area (Å²) in [4.78, 5) is 0. The maximum absolute atomic E-state index is 5.81. The van der Waals surface area contributed by atoms with E-state index in [-0.39, 0.29) is 0 Å². The largest absolute Gasteiger partial charge is 0.489 e. The van der Waals surface area contributed by atoms with Crippen LogP contribution in [-0.4, -0.2) is 0 Å². The van der Waals surface area contributed by atoms with Gasteiger partial charge in [0.25, 0.3) is 0 Å². The van der Waals surface area contributed by atoms with Crippen molar-refractivity contribution in [3.05, 3.63) is 71.5 Å². The molecule has 0 amide bonds. The zero-order chi connectivity index (χ0) is 11.2. The molecule has 0 N–H and O–H groups in total. The Labute approximate surface area is 96.8 Å². The Morgan fingerprint density at radius 1 is 1.19 bits per heavy atom. The van der Waals surface area contributed by atoms with E-state index >= 15 is 0 Å². The molecule has 2 rings (SSSR count). The summed E-state index contributed by atoms with van der Waals surface area (Å²) in [7, 11) is 0. The summed E-state index contributed by atoms with van der Waals surface area (Å²) in [5.74, 6) is 0.994. The highest BCUT2D eigenvalue weighted by Gasteiger charge is 2.02.